The zero-order valence-corrected chi connectivity index (χ0v) is 11.3. The fourth-order valence-electron chi connectivity index (χ4n) is 1.89. The molecular formula is C14H16O3S. The van der Waals surface area contributed by atoms with Gasteiger partial charge < -0.3 is 4.74 Å². The van der Waals surface area contributed by atoms with E-state index in [1.165, 1.54) is 0 Å². The van der Waals surface area contributed by atoms with E-state index in [1.54, 1.807) is 30.5 Å². The summed E-state index contributed by atoms with van der Waals surface area (Å²) in [6, 6.07) is 6.92. The molecule has 4 heteroatoms. The Labute approximate surface area is 108 Å². The normalized spacial score (nSPS) is 21.2. The summed E-state index contributed by atoms with van der Waals surface area (Å²) in [5.41, 5.74) is 1.05. The first kappa shape index (κ1) is 12.9. The number of rotatable bonds is 3. The van der Waals surface area contributed by atoms with Gasteiger partial charge in [0.2, 0.25) is 0 Å². The molecule has 96 valence electrons. The Hall–Kier alpha value is -1.55. The molecule has 0 radical (unpaired) electrons. The van der Waals surface area contributed by atoms with Crippen LogP contribution in [0.25, 0.3) is 0 Å². The van der Waals surface area contributed by atoms with Crippen molar-refractivity contribution in [1.29, 1.82) is 0 Å². The number of allylic oxidation sites excluding steroid dienone is 2. The molecule has 0 N–H and O–H groups in total. The summed E-state index contributed by atoms with van der Waals surface area (Å²) < 4.78 is 29.7. The van der Waals surface area contributed by atoms with Crippen LogP contribution in [0.1, 0.15) is 12.5 Å². The Kier molecular flexibility index (Phi) is 3.57. The van der Waals surface area contributed by atoms with Gasteiger partial charge in [0, 0.05) is 0 Å². The molecule has 0 fully saturated rings. The molecule has 1 aromatic carbocycles. The highest BCUT2D eigenvalue weighted by Crippen LogP contribution is 2.25. The Morgan fingerprint density at radius 2 is 1.94 bits per heavy atom. The summed E-state index contributed by atoms with van der Waals surface area (Å²) >= 11 is 0. The molecule has 0 aromatic heterocycles. The fraction of sp³-hybridized carbons (Fsp3) is 0.286. The zero-order valence-electron chi connectivity index (χ0n) is 10.5. The van der Waals surface area contributed by atoms with Crippen molar-refractivity contribution in [2.75, 3.05) is 5.75 Å². The second-order valence-electron chi connectivity index (χ2n) is 4.34. The van der Waals surface area contributed by atoms with E-state index in [-0.39, 0.29) is 11.7 Å². The molecule has 18 heavy (non-hydrogen) atoms. The predicted molar refractivity (Wildman–Crippen MR) is 70.7 cm³/mol. The summed E-state index contributed by atoms with van der Waals surface area (Å²) in [6.45, 7) is 3.77. The van der Waals surface area contributed by atoms with Crippen LogP contribution in [0.3, 0.4) is 0 Å². The number of hydrogen-bond acceptors (Lipinski definition) is 3. The van der Waals surface area contributed by atoms with Gasteiger partial charge in [0.25, 0.3) is 0 Å². The quantitative estimate of drug-likeness (QED) is 0.843. The fourth-order valence-corrected chi connectivity index (χ4v) is 3.38. The van der Waals surface area contributed by atoms with E-state index in [9.17, 15) is 8.42 Å². The van der Waals surface area contributed by atoms with Crippen molar-refractivity contribution in [2.24, 2.45) is 5.92 Å². The smallest absolute Gasteiger partial charge is 0.179 e. The van der Waals surface area contributed by atoms with Gasteiger partial charge in [-0.15, -0.1) is 0 Å². The first-order valence-corrected chi connectivity index (χ1v) is 7.47. The largest absolute Gasteiger partial charge is 0.469 e. The molecule has 0 saturated carbocycles. The standard InChI is InChI=1S/C14H16O3S/c1-3-14-12(8-9-17-14)10-18(15,16)13-6-4-11(2)5-7-13/h3-9,12H,10H2,1-2H3/b14-3-. The van der Waals surface area contributed by atoms with Gasteiger partial charge in [-0.3, -0.25) is 0 Å². The summed E-state index contributed by atoms with van der Waals surface area (Å²) in [5, 5.41) is 0. The summed E-state index contributed by atoms with van der Waals surface area (Å²) in [5.74, 6) is 0.568. The predicted octanol–water partition coefficient (Wildman–Crippen LogP) is 2.83. The van der Waals surface area contributed by atoms with Crippen LogP contribution in [-0.4, -0.2) is 14.2 Å². The van der Waals surface area contributed by atoms with E-state index in [0.29, 0.717) is 10.7 Å². The van der Waals surface area contributed by atoms with Gasteiger partial charge in [-0.2, -0.15) is 0 Å². The van der Waals surface area contributed by atoms with E-state index < -0.39 is 9.84 Å². The van der Waals surface area contributed by atoms with Crippen molar-refractivity contribution < 1.29 is 13.2 Å². The van der Waals surface area contributed by atoms with Crippen molar-refractivity contribution >= 4 is 9.84 Å². The Bertz CT molecular complexity index is 580. The average Bonchev–Trinajstić information content (AvgIpc) is 2.76. The highest BCUT2D eigenvalue weighted by atomic mass is 32.2. The average molecular weight is 264 g/mol. The Morgan fingerprint density at radius 1 is 1.28 bits per heavy atom. The van der Waals surface area contributed by atoms with Crippen molar-refractivity contribution in [2.45, 2.75) is 18.7 Å². The maximum atomic E-state index is 12.2. The van der Waals surface area contributed by atoms with Crippen molar-refractivity contribution in [3.05, 3.63) is 54.0 Å². The monoisotopic (exact) mass is 264 g/mol. The van der Waals surface area contributed by atoms with Crippen LogP contribution >= 0.6 is 0 Å². The maximum absolute atomic E-state index is 12.2. The molecule has 1 aliphatic heterocycles. The minimum Gasteiger partial charge on any atom is -0.469 e. The van der Waals surface area contributed by atoms with Crippen LogP contribution < -0.4 is 0 Å². The second kappa shape index (κ2) is 4.98. The topological polar surface area (TPSA) is 43.4 Å². The molecule has 1 atom stereocenters. The lowest BCUT2D eigenvalue weighted by Gasteiger charge is -2.10. The van der Waals surface area contributed by atoms with Crippen LogP contribution in [0.5, 0.6) is 0 Å². The van der Waals surface area contributed by atoms with E-state index in [0.717, 1.165) is 5.56 Å². The first-order chi connectivity index (χ1) is 8.53. The highest BCUT2D eigenvalue weighted by molar-refractivity contribution is 7.91. The third kappa shape index (κ3) is 2.64. The minimum atomic E-state index is -3.28. The van der Waals surface area contributed by atoms with Crippen LogP contribution in [-0.2, 0) is 14.6 Å². The van der Waals surface area contributed by atoms with Gasteiger partial charge in [-0.25, -0.2) is 8.42 Å². The third-order valence-electron chi connectivity index (χ3n) is 2.94. The number of hydrogen-bond donors (Lipinski definition) is 0. The van der Waals surface area contributed by atoms with Gasteiger partial charge in [-0.1, -0.05) is 17.7 Å². The molecule has 0 spiro atoms. The number of benzene rings is 1. The van der Waals surface area contributed by atoms with Gasteiger partial charge in [0.15, 0.2) is 9.84 Å². The van der Waals surface area contributed by atoms with Crippen LogP contribution in [0.15, 0.2) is 53.3 Å². The number of ether oxygens (including phenoxy) is 1. The number of aryl methyl sites for hydroxylation is 1. The SMILES string of the molecule is C/C=C1\OC=CC1CS(=O)(=O)c1ccc(C)cc1. The third-order valence-corrected chi connectivity index (χ3v) is 4.73. The van der Waals surface area contributed by atoms with Crippen molar-refractivity contribution in [3.63, 3.8) is 0 Å². The maximum Gasteiger partial charge on any atom is 0.179 e. The van der Waals surface area contributed by atoms with Crippen LogP contribution in [0.4, 0.5) is 0 Å². The highest BCUT2D eigenvalue weighted by Gasteiger charge is 2.25. The lowest BCUT2D eigenvalue weighted by atomic mass is 10.1. The van der Waals surface area contributed by atoms with Gasteiger partial charge in [0.1, 0.15) is 5.76 Å². The van der Waals surface area contributed by atoms with Gasteiger partial charge >= 0.3 is 0 Å². The molecule has 3 nitrogen and oxygen atoms in total. The van der Waals surface area contributed by atoms with Crippen LogP contribution in [0, 0.1) is 12.8 Å². The summed E-state index contributed by atoms with van der Waals surface area (Å²) in [4.78, 5) is 0.365. The molecule has 0 amide bonds. The van der Waals surface area contributed by atoms with Crippen molar-refractivity contribution in [1.82, 2.24) is 0 Å². The lowest BCUT2D eigenvalue weighted by Crippen LogP contribution is -2.15. The molecule has 1 unspecified atom stereocenters. The summed E-state index contributed by atoms with van der Waals surface area (Å²) in [6.07, 6.45) is 5.13. The minimum absolute atomic E-state index is 0.0479. The Balaban J connectivity index is 2.22. The van der Waals surface area contributed by atoms with Crippen molar-refractivity contribution in [3.8, 4) is 0 Å². The molecule has 0 bridgehead atoms. The number of sulfone groups is 1. The molecular weight excluding hydrogens is 248 g/mol. The molecule has 1 heterocycles. The molecule has 1 aromatic rings. The van der Waals surface area contributed by atoms with Gasteiger partial charge in [-0.05, 0) is 38.1 Å². The van der Waals surface area contributed by atoms with E-state index in [2.05, 4.69) is 0 Å². The zero-order chi connectivity index (χ0) is 13.2. The van der Waals surface area contributed by atoms with E-state index in [1.807, 2.05) is 26.0 Å². The lowest BCUT2D eigenvalue weighted by molar-refractivity contribution is 0.347. The second-order valence-corrected chi connectivity index (χ2v) is 6.37. The van der Waals surface area contributed by atoms with Gasteiger partial charge in [0.05, 0.1) is 22.8 Å². The van der Waals surface area contributed by atoms with Crippen LogP contribution in [0.2, 0.25) is 0 Å². The first-order valence-electron chi connectivity index (χ1n) is 5.82. The molecule has 0 saturated heterocycles. The molecule has 2 rings (SSSR count). The molecule has 1 aliphatic rings. The van der Waals surface area contributed by atoms with E-state index >= 15 is 0 Å². The Morgan fingerprint density at radius 3 is 2.56 bits per heavy atom. The summed E-state index contributed by atoms with van der Waals surface area (Å²) in [7, 11) is -3.28. The van der Waals surface area contributed by atoms with E-state index in [4.69, 9.17) is 4.74 Å². The molecule has 0 aliphatic carbocycles.